The molecule has 0 aliphatic carbocycles. The molecule has 0 amide bonds. The lowest BCUT2D eigenvalue weighted by Gasteiger charge is -1.98. The molecule has 3 aromatic rings. The SMILES string of the molecule is Cc1ccc2[nH]c3nn[nH]c3c(=O)c2c1. The molecule has 0 fully saturated rings. The maximum absolute atomic E-state index is 12.0. The maximum Gasteiger partial charge on any atom is 0.216 e. The van der Waals surface area contributed by atoms with Crippen LogP contribution in [0.3, 0.4) is 0 Å². The molecule has 0 unspecified atom stereocenters. The summed E-state index contributed by atoms with van der Waals surface area (Å²) in [6.45, 7) is 1.95. The van der Waals surface area contributed by atoms with E-state index in [9.17, 15) is 4.79 Å². The van der Waals surface area contributed by atoms with Crippen LogP contribution < -0.4 is 5.43 Å². The van der Waals surface area contributed by atoms with Crippen molar-refractivity contribution in [1.82, 2.24) is 20.4 Å². The number of nitrogens with one attached hydrogen (secondary N) is 2. The molecule has 0 saturated heterocycles. The minimum Gasteiger partial charge on any atom is -0.336 e. The lowest BCUT2D eigenvalue weighted by atomic mass is 10.1. The molecule has 5 nitrogen and oxygen atoms in total. The number of aryl methyl sites for hydroxylation is 1. The zero-order valence-electron chi connectivity index (χ0n) is 8.03. The highest BCUT2D eigenvalue weighted by atomic mass is 16.1. The van der Waals surface area contributed by atoms with Gasteiger partial charge in [-0.2, -0.15) is 0 Å². The molecule has 5 heteroatoms. The largest absolute Gasteiger partial charge is 0.336 e. The van der Waals surface area contributed by atoms with Gasteiger partial charge < -0.3 is 4.98 Å². The van der Waals surface area contributed by atoms with Crippen molar-refractivity contribution in [2.24, 2.45) is 0 Å². The van der Waals surface area contributed by atoms with Gasteiger partial charge in [0.05, 0.1) is 5.52 Å². The van der Waals surface area contributed by atoms with Gasteiger partial charge >= 0.3 is 0 Å². The fourth-order valence-corrected chi connectivity index (χ4v) is 1.69. The highest BCUT2D eigenvalue weighted by Crippen LogP contribution is 2.12. The maximum atomic E-state index is 12.0. The van der Waals surface area contributed by atoms with E-state index in [-0.39, 0.29) is 5.43 Å². The van der Waals surface area contributed by atoms with Gasteiger partial charge in [-0.15, -0.1) is 5.10 Å². The number of benzene rings is 1. The van der Waals surface area contributed by atoms with Crippen molar-refractivity contribution in [2.45, 2.75) is 6.92 Å². The summed E-state index contributed by atoms with van der Waals surface area (Å²) in [4.78, 5) is 15.0. The molecule has 0 aliphatic rings. The van der Waals surface area contributed by atoms with Gasteiger partial charge in [0.15, 0.2) is 11.2 Å². The van der Waals surface area contributed by atoms with Gasteiger partial charge in [-0.25, -0.2) is 0 Å². The van der Waals surface area contributed by atoms with Gasteiger partial charge in [0.2, 0.25) is 5.43 Å². The van der Waals surface area contributed by atoms with E-state index in [0.717, 1.165) is 11.1 Å². The first-order valence-corrected chi connectivity index (χ1v) is 4.59. The van der Waals surface area contributed by atoms with Gasteiger partial charge in [-0.05, 0) is 19.1 Å². The van der Waals surface area contributed by atoms with Crippen molar-refractivity contribution in [3.63, 3.8) is 0 Å². The summed E-state index contributed by atoms with van der Waals surface area (Å²) in [6, 6.07) is 5.68. The van der Waals surface area contributed by atoms with Crippen LogP contribution in [0.1, 0.15) is 5.56 Å². The fourth-order valence-electron chi connectivity index (χ4n) is 1.69. The summed E-state index contributed by atoms with van der Waals surface area (Å²) in [7, 11) is 0. The Morgan fingerprint density at radius 2 is 2.20 bits per heavy atom. The Kier molecular flexibility index (Phi) is 1.45. The van der Waals surface area contributed by atoms with Crippen LogP contribution in [0, 0.1) is 6.92 Å². The summed E-state index contributed by atoms with van der Waals surface area (Å²) in [6.07, 6.45) is 0. The smallest absolute Gasteiger partial charge is 0.216 e. The predicted molar refractivity (Wildman–Crippen MR) is 56.8 cm³/mol. The standard InChI is InChI=1S/C10H8N4O/c1-5-2-3-7-6(4-5)9(15)8-10(11-7)13-14-12-8/h2-4H,1H3,(H2,11,12,13,14,15). The van der Waals surface area contributed by atoms with E-state index in [0.29, 0.717) is 16.6 Å². The number of rotatable bonds is 0. The molecule has 15 heavy (non-hydrogen) atoms. The van der Waals surface area contributed by atoms with Crippen LogP contribution in [0.4, 0.5) is 0 Å². The number of aromatic amines is 2. The van der Waals surface area contributed by atoms with Crippen LogP contribution in [-0.4, -0.2) is 20.4 Å². The molecule has 0 bridgehead atoms. The zero-order chi connectivity index (χ0) is 10.4. The van der Waals surface area contributed by atoms with Crippen molar-refractivity contribution >= 4 is 22.1 Å². The number of nitrogens with zero attached hydrogens (tertiary/aromatic N) is 2. The zero-order valence-corrected chi connectivity index (χ0v) is 8.03. The number of aromatic nitrogens is 4. The van der Waals surface area contributed by atoms with E-state index in [1.54, 1.807) is 0 Å². The van der Waals surface area contributed by atoms with E-state index in [1.165, 1.54) is 0 Å². The van der Waals surface area contributed by atoms with Crippen LogP contribution in [0.2, 0.25) is 0 Å². The minimum atomic E-state index is -0.0625. The Bertz CT molecular complexity index is 710. The third kappa shape index (κ3) is 1.06. The normalized spacial score (nSPS) is 11.3. The first-order valence-electron chi connectivity index (χ1n) is 4.59. The summed E-state index contributed by atoms with van der Waals surface area (Å²) in [5, 5.41) is 10.6. The fraction of sp³-hybridized carbons (Fsp3) is 0.100. The molecule has 3 rings (SSSR count). The van der Waals surface area contributed by atoms with Crippen molar-refractivity contribution in [3.8, 4) is 0 Å². The third-order valence-corrected chi connectivity index (χ3v) is 2.45. The minimum absolute atomic E-state index is 0.0625. The van der Waals surface area contributed by atoms with Gasteiger partial charge in [-0.1, -0.05) is 16.8 Å². The Morgan fingerprint density at radius 1 is 1.33 bits per heavy atom. The van der Waals surface area contributed by atoms with E-state index in [4.69, 9.17) is 0 Å². The van der Waals surface area contributed by atoms with Crippen LogP contribution in [0.15, 0.2) is 23.0 Å². The Hall–Kier alpha value is -2.17. The van der Waals surface area contributed by atoms with E-state index in [2.05, 4.69) is 20.4 Å². The summed E-state index contributed by atoms with van der Waals surface area (Å²) < 4.78 is 0. The van der Waals surface area contributed by atoms with Crippen LogP contribution in [0.5, 0.6) is 0 Å². The highest BCUT2D eigenvalue weighted by molar-refractivity contribution is 5.88. The third-order valence-electron chi connectivity index (χ3n) is 2.45. The molecular weight excluding hydrogens is 192 g/mol. The van der Waals surface area contributed by atoms with Crippen molar-refractivity contribution in [2.75, 3.05) is 0 Å². The lowest BCUT2D eigenvalue weighted by molar-refractivity contribution is 0.954. The van der Waals surface area contributed by atoms with E-state index < -0.39 is 0 Å². The number of pyridine rings is 1. The van der Waals surface area contributed by atoms with Gasteiger partial charge in [0.1, 0.15) is 0 Å². The van der Waals surface area contributed by atoms with Gasteiger partial charge in [0, 0.05) is 5.39 Å². The van der Waals surface area contributed by atoms with Crippen LogP contribution >= 0.6 is 0 Å². The predicted octanol–water partition coefficient (Wildman–Crippen LogP) is 1.11. The number of H-pyrrole nitrogens is 2. The van der Waals surface area contributed by atoms with Gasteiger partial charge in [0.25, 0.3) is 0 Å². The van der Waals surface area contributed by atoms with Crippen LogP contribution in [-0.2, 0) is 0 Å². The summed E-state index contributed by atoms with van der Waals surface area (Å²) in [5.74, 6) is 0. The van der Waals surface area contributed by atoms with Crippen molar-refractivity contribution in [1.29, 1.82) is 0 Å². The molecule has 2 heterocycles. The average Bonchev–Trinajstić information content (AvgIpc) is 2.68. The second-order valence-electron chi connectivity index (χ2n) is 3.54. The number of hydrogen-bond donors (Lipinski definition) is 2. The molecule has 1 aromatic carbocycles. The Morgan fingerprint density at radius 3 is 3.07 bits per heavy atom. The van der Waals surface area contributed by atoms with Gasteiger partial charge in [-0.3, -0.25) is 9.89 Å². The number of hydrogen-bond acceptors (Lipinski definition) is 3. The molecule has 0 saturated carbocycles. The van der Waals surface area contributed by atoms with Crippen molar-refractivity contribution < 1.29 is 0 Å². The molecule has 0 radical (unpaired) electrons. The van der Waals surface area contributed by atoms with Crippen molar-refractivity contribution in [3.05, 3.63) is 34.0 Å². The average molecular weight is 200 g/mol. The second kappa shape index (κ2) is 2.66. The molecule has 74 valence electrons. The molecule has 0 spiro atoms. The monoisotopic (exact) mass is 200 g/mol. The second-order valence-corrected chi connectivity index (χ2v) is 3.54. The first kappa shape index (κ1) is 8.16. The quantitative estimate of drug-likeness (QED) is 0.570. The molecular formula is C10H8N4O. The molecule has 2 aromatic heterocycles. The highest BCUT2D eigenvalue weighted by Gasteiger charge is 2.07. The Labute approximate surface area is 84.1 Å². The molecule has 2 N–H and O–H groups in total. The topological polar surface area (TPSA) is 74.4 Å². The summed E-state index contributed by atoms with van der Waals surface area (Å²) in [5.41, 5.74) is 2.70. The van der Waals surface area contributed by atoms with E-state index >= 15 is 0 Å². The lowest BCUT2D eigenvalue weighted by Crippen LogP contribution is -2.04. The molecule has 0 atom stereocenters. The molecule has 0 aliphatic heterocycles. The van der Waals surface area contributed by atoms with E-state index in [1.807, 2.05) is 25.1 Å². The Balaban J connectivity index is 2.64. The van der Waals surface area contributed by atoms with Crippen LogP contribution in [0.25, 0.3) is 22.1 Å². The first-order chi connectivity index (χ1) is 7.25. The number of fused-ring (bicyclic) bond motifs is 2. The summed E-state index contributed by atoms with van der Waals surface area (Å²) >= 11 is 0.